The number of ether oxygens (including phenoxy) is 3. The maximum Gasteiger partial charge on any atom is 0.279 e. The molecule has 0 bridgehead atoms. The van der Waals surface area contributed by atoms with Crippen LogP contribution in [0.2, 0.25) is 0 Å². The summed E-state index contributed by atoms with van der Waals surface area (Å²) in [6.07, 6.45) is -1.03. The molecule has 1 atom stereocenters. The maximum atomic E-state index is 13.6. The number of hydrogen-bond acceptors (Lipinski definition) is 7. The van der Waals surface area contributed by atoms with Crippen LogP contribution in [0.1, 0.15) is 19.4 Å². The van der Waals surface area contributed by atoms with E-state index in [4.69, 9.17) is 19.0 Å². The summed E-state index contributed by atoms with van der Waals surface area (Å²) in [7, 11) is 0. The number of amides is 2. The SMILES string of the molecule is C/C(=N/OCC(=O)NNC(=O)[C@H](C)Oc1ccccc1F)c1ccc2c(c1)OCO2. The zero-order valence-corrected chi connectivity index (χ0v) is 16.3. The van der Waals surface area contributed by atoms with Crippen LogP contribution in [-0.4, -0.2) is 37.0 Å². The van der Waals surface area contributed by atoms with E-state index >= 15 is 0 Å². The minimum absolute atomic E-state index is 0.0665. The lowest BCUT2D eigenvalue weighted by Crippen LogP contribution is -2.48. The van der Waals surface area contributed by atoms with Crippen molar-refractivity contribution in [3.63, 3.8) is 0 Å². The fourth-order valence-corrected chi connectivity index (χ4v) is 2.42. The van der Waals surface area contributed by atoms with Gasteiger partial charge in [0.05, 0.1) is 5.71 Å². The third kappa shape index (κ3) is 5.37. The van der Waals surface area contributed by atoms with Gasteiger partial charge in [0, 0.05) is 5.56 Å². The summed E-state index contributed by atoms with van der Waals surface area (Å²) in [6.45, 7) is 2.87. The number of nitrogens with zero attached hydrogens (tertiary/aromatic N) is 1. The van der Waals surface area contributed by atoms with E-state index < -0.39 is 30.3 Å². The van der Waals surface area contributed by atoms with Crippen molar-refractivity contribution < 1.29 is 33.0 Å². The number of hydrogen-bond donors (Lipinski definition) is 2. The van der Waals surface area contributed by atoms with Crippen LogP contribution < -0.4 is 25.1 Å². The fraction of sp³-hybridized carbons (Fsp3) is 0.250. The largest absolute Gasteiger partial charge is 0.478 e. The summed E-state index contributed by atoms with van der Waals surface area (Å²) in [4.78, 5) is 28.8. The minimum atomic E-state index is -1.03. The molecule has 30 heavy (non-hydrogen) atoms. The van der Waals surface area contributed by atoms with Crippen LogP contribution in [0.3, 0.4) is 0 Å². The molecule has 0 saturated carbocycles. The number of fused-ring (bicyclic) bond motifs is 1. The van der Waals surface area contributed by atoms with Gasteiger partial charge in [-0.3, -0.25) is 20.4 Å². The number of oxime groups is 1. The number of hydrazine groups is 1. The molecule has 9 nitrogen and oxygen atoms in total. The van der Waals surface area contributed by atoms with Gasteiger partial charge in [-0.15, -0.1) is 0 Å². The molecule has 0 aliphatic carbocycles. The van der Waals surface area contributed by atoms with Gasteiger partial charge >= 0.3 is 0 Å². The van der Waals surface area contributed by atoms with E-state index in [1.807, 2.05) is 0 Å². The van der Waals surface area contributed by atoms with Crippen molar-refractivity contribution >= 4 is 17.5 Å². The molecule has 0 fully saturated rings. The van der Waals surface area contributed by atoms with Crippen molar-refractivity contribution in [1.29, 1.82) is 0 Å². The zero-order chi connectivity index (χ0) is 21.5. The van der Waals surface area contributed by atoms with Crippen LogP contribution in [0, 0.1) is 5.82 Å². The Hall–Kier alpha value is -3.82. The Bertz CT molecular complexity index is 965. The van der Waals surface area contributed by atoms with Crippen LogP contribution >= 0.6 is 0 Å². The molecular weight excluding hydrogens is 397 g/mol. The Morgan fingerprint density at radius 3 is 2.73 bits per heavy atom. The Morgan fingerprint density at radius 2 is 1.93 bits per heavy atom. The van der Waals surface area contributed by atoms with E-state index in [1.54, 1.807) is 31.2 Å². The lowest BCUT2D eigenvalue weighted by atomic mass is 10.1. The third-order valence-corrected chi connectivity index (χ3v) is 4.02. The van der Waals surface area contributed by atoms with Gasteiger partial charge in [-0.2, -0.15) is 0 Å². The van der Waals surface area contributed by atoms with Crippen LogP contribution in [0.25, 0.3) is 0 Å². The fourth-order valence-electron chi connectivity index (χ4n) is 2.42. The zero-order valence-electron chi connectivity index (χ0n) is 16.3. The van der Waals surface area contributed by atoms with E-state index in [1.165, 1.54) is 25.1 Å². The first-order chi connectivity index (χ1) is 14.4. The highest BCUT2D eigenvalue weighted by molar-refractivity contribution is 5.99. The molecule has 0 spiro atoms. The topological polar surface area (TPSA) is 107 Å². The highest BCUT2D eigenvalue weighted by Gasteiger charge is 2.17. The quantitative estimate of drug-likeness (QED) is 0.526. The highest BCUT2D eigenvalue weighted by atomic mass is 19.1. The Balaban J connectivity index is 1.41. The first kappa shape index (κ1) is 20.9. The number of benzene rings is 2. The average Bonchev–Trinajstić information content (AvgIpc) is 3.21. The molecule has 0 unspecified atom stereocenters. The second-order valence-corrected chi connectivity index (χ2v) is 6.25. The molecule has 2 N–H and O–H groups in total. The van der Waals surface area contributed by atoms with Crippen molar-refractivity contribution in [2.75, 3.05) is 13.4 Å². The molecule has 3 rings (SSSR count). The molecule has 0 saturated heterocycles. The summed E-state index contributed by atoms with van der Waals surface area (Å²) in [5, 5.41) is 3.87. The Kier molecular flexibility index (Phi) is 6.68. The van der Waals surface area contributed by atoms with Gasteiger partial charge in [-0.05, 0) is 44.2 Å². The number of rotatable bonds is 7. The monoisotopic (exact) mass is 417 g/mol. The molecule has 158 valence electrons. The standard InChI is InChI=1S/C20H20FN3O6/c1-12(14-7-8-17-18(9-14)28-11-27-17)24-29-10-19(25)22-23-20(26)13(2)30-16-6-4-3-5-15(16)21/h3-9,13H,10-11H2,1-2H3,(H,22,25)(H,23,26)/b24-12-/t13-/m0/s1. The average molecular weight is 417 g/mol. The van der Waals surface area contributed by atoms with Crippen molar-refractivity contribution in [2.24, 2.45) is 5.16 Å². The predicted molar refractivity (Wildman–Crippen MR) is 104 cm³/mol. The second kappa shape index (κ2) is 9.59. The van der Waals surface area contributed by atoms with Crippen LogP contribution in [0.15, 0.2) is 47.6 Å². The van der Waals surface area contributed by atoms with Crippen molar-refractivity contribution in [3.8, 4) is 17.2 Å². The Labute approximate surface area is 171 Å². The van der Waals surface area contributed by atoms with E-state index in [2.05, 4.69) is 16.0 Å². The Morgan fingerprint density at radius 1 is 1.17 bits per heavy atom. The van der Waals surface area contributed by atoms with E-state index in [0.717, 1.165) is 5.56 Å². The molecule has 2 aromatic carbocycles. The van der Waals surface area contributed by atoms with Gasteiger partial charge in [0.25, 0.3) is 11.8 Å². The van der Waals surface area contributed by atoms with Crippen LogP contribution in [0.4, 0.5) is 4.39 Å². The van der Waals surface area contributed by atoms with Crippen LogP contribution in [-0.2, 0) is 14.4 Å². The van der Waals surface area contributed by atoms with Gasteiger partial charge in [-0.1, -0.05) is 17.3 Å². The van der Waals surface area contributed by atoms with Crippen molar-refractivity contribution in [1.82, 2.24) is 10.9 Å². The molecular formula is C20H20FN3O6. The molecule has 1 heterocycles. The summed E-state index contributed by atoms with van der Waals surface area (Å²) < 4.78 is 29.3. The number of carbonyl (C=O) groups excluding carboxylic acids is 2. The van der Waals surface area contributed by atoms with E-state index in [9.17, 15) is 14.0 Å². The lowest BCUT2D eigenvalue weighted by Gasteiger charge is -2.15. The molecule has 0 aromatic heterocycles. The summed E-state index contributed by atoms with van der Waals surface area (Å²) in [6, 6.07) is 11.0. The minimum Gasteiger partial charge on any atom is -0.478 e. The molecule has 10 heteroatoms. The molecule has 2 amide bonds. The highest BCUT2D eigenvalue weighted by Crippen LogP contribution is 2.32. The van der Waals surface area contributed by atoms with E-state index in [0.29, 0.717) is 17.2 Å². The lowest BCUT2D eigenvalue weighted by molar-refractivity contribution is -0.134. The number of nitrogens with one attached hydrogen (secondary N) is 2. The first-order valence-electron chi connectivity index (χ1n) is 9.00. The van der Waals surface area contributed by atoms with Gasteiger partial charge in [-0.25, -0.2) is 4.39 Å². The number of halogens is 1. The maximum absolute atomic E-state index is 13.6. The predicted octanol–water partition coefficient (Wildman–Crippen LogP) is 1.91. The molecule has 0 radical (unpaired) electrons. The van der Waals surface area contributed by atoms with Crippen LogP contribution in [0.5, 0.6) is 17.2 Å². The number of para-hydroxylation sites is 1. The summed E-state index contributed by atoms with van der Waals surface area (Å²) in [5.74, 6) is -0.700. The number of carbonyl (C=O) groups is 2. The molecule has 2 aromatic rings. The smallest absolute Gasteiger partial charge is 0.279 e. The van der Waals surface area contributed by atoms with Gasteiger partial charge in [0.2, 0.25) is 6.79 Å². The van der Waals surface area contributed by atoms with Crippen molar-refractivity contribution in [2.45, 2.75) is 20.0 Å². The van der Waals surface area contributed by atoms with Crippen molar-refractivity contribution in [3.05, 3.63) is 53.8 Å². The van der Waals surface area contributed by atoms with Gasteiger partial charge < -0.3 is 19.0 Å². The van der Waals surface area contributed by atoms with Gasteiger partial charge in [0.15, 0.2) is 35.8 Å². The molecule has 1 aliphatic rings. The summed E-state index contributed by atoms with van der Waals surface area (Å²) >= 11 is 0. The summed E-state index contributed by atoms with van der Waals surface area (Å²) in [5.41, 5.74) is 5.61. The van der Waals surface area contributed by atoms with E-state index in [-0.39, 0.29) is 12.5 Å². The second-order valence-electron chi connectivity index (χ2n) is 6.25. The normalized spacial score (nSPS) is 13.4. The first-order valence-corrected chi connectivity index (χ1v) is 9.00. The van der Waals surface area contributed by atoms with Gasteiger partial charge in [0.1, 0.15) is 0 Å². The molecule has 1 aliphatic heterocycles. The third-order valence-electron chi connectivity index (χ3n) is 4.02.